The fraction of sp³-hybridized carbons (Fsp3) is 0.421. The van der Waals surface area contributed by atoms with Crippen LogP contribution in [0.15, 0.2) is 42.5 Å². The van der Waals surface area contributed by atoms with Gasteiger partial charge in [-0.1, -0.05) is 33.4 Å². The zero-order valence-electron chi connectivity index (χ0n) is 17.2. The molecule has 152 valence electrons. The molecule has 0 aromatic heterocycles. The molecule has 0 saturated carbocycles. The van der Waals surface area contributed by atoms with Gasteiger partial charge in [0.15, 0.2) is 8.32 Å². The average Bonchev–Trinajstić information content (AvgIpc) is 2.86. The van der Waals surface area contributed by atoms with Crippen LogP contribution in [0.25, 0.3) is 16.5 Å². The second kappa shape index (κ2) is 20.2. The van der Waals surface area contributed by atoms with Crippen LogP contribution in [-0.2, 0) is 23.6 Å². The topological polar surface area (TPSA) is 33.0 Å². The van der Waals surface area contributed by atoms with Gasteiger partial charge < -0.3 is 24.5 Å². The minimum Gasteiger partial charge on any atom is -0.168 e. The Morgan fingerprint density at radius 1 is 1.12 bits per heavy atom. The van der Waals surface area contributed by atoms with E-state index in [1.165, 1.54) is 10.8 Å². The number of hydrogen-bond acceptors (Lipinski definition) is 1. The predicted octanol–water partition coefficient (Wildman–Crippen LogP) is 6.98. The molecule has 0 aliphatic rings. The van der Waals surface area contributed by atoms with Crippen LogP contribution in [0.5, 0.6) is 0 Å². The maximum absolute atomic E-state index is 6.94. The first-order valence-electron chi connectivity index (χ1n) is 7.56. The average molecular weight is 468 g/mol. The minimum atomic E-state index is -1.22. The van der Waals surface area contributed by atoms with E-state index >= 15 is 0 Å². The van der Waals surface area contributed by atoms with Gasteiger partial charge in [0, 0.05) is 0 Å². The number of rotatable bonds is 2. The maximum Gasteiger partial charge on any atom is -0.0809 e. The molecule has 0 amide bonds. The van der Waals surface area contributed by atoms with Gasteiger partial charge in [-0.25, -0.2) is 0 Å². The summed E-state index contributed by atoms with van der Waals surface area (Å²) in [6.45, 7) is 16.2. The standard InChI is InChI=1S/C9H7.C5H13OSi.C4H10N.CH3.2ClH.Si.Ti/c1-2-5-9-7-3-6-8(9)4-1;1-5-6-7(2,3)4;1-4(2,3)5;;;;;/h1-7H;1,5H2,2-4H3;5H,1-3H3;1H3;2*1H;;/q4*-1;;;;. The molecule has 0 spiro atoms. The van der Waals surface area contributed by atoms with Crippen molar-refractivity contribution in [3.8, 4) is 0 Å². The van der Waals surface area contributed by atoms with Gasteiger partial charge in [0.05, 0.1) is 0 Å². The summed E-state index contributed by atoms with van der Waals surface area (Å²) >= 11 is 1.81. The second-order valence-corrected chi connectivity index (χ2v) is 11.4. The van der Waals surface area contributed by atoms with Gasteiger partial charge in [0.25, 0.3) is 0 Å². The van der Waals surface area contributed by atoms with E-state index in [2.05, 4.69) is 76.7 Å². The monoisotopic (exact) mass is 467 g/mol. The second-order valence-electron chi connectivity index (χ2n) is 6.87. The summed E-state index contributed by atoms with van der Waals surface area (Å²) in [5.74, 6) is 0. The SMILES string of the molecule is CC(C)(C)[NH-].Cl.Cl.[CH2-]CO[Si](C)(C)C.[CH3-].[Si]=[Ti].c1ccc2[cH-]ccc2c1. The van der Waals surface area contributed by atoms with Crippen molar-refractivity contribution in [3.63, 3.8) is 0 Å². The number of hydrogen-bond donors (Lipinski definition) is 0. The van der Waals surface area contributed by atoms with Crippen LogP contribution in [-0.4, -0.2) is 28.1 Å². The summed E-state index contributed by atoms with van der Waals surface area (Å²) in [6, 6.07) is 14.7. The molecule has 26 heavy (non-hydrogen) atoms. The number of fused-ring (bicyclic) bond motifs is 1. The molecule has 1 N–H and O–H groups in total. The van der Waals surface area contributed by atoms with Crippen molar-refractivity contribution in [2.45, 2.75) is 46.0 Å². The molecule has 2 aromatic carbocycles. The van der Waals surface area contributed by atoms with E-state index in [1.54, 1.807) is 19.2 Å². The molecule has 7 heteroatoms. The Bertz CT molecular complexity index is 490. The molecule has 2 rings (SSSR count). The van der Waals surface area contributed by atoms with Crippen LogP contribution in [0.3, 0.4) is 0 Å². The first kappa shape index (κ1) is 37.3. The van der Waals surface area contributed by atoms with Crippen LogP contribution >= 0.6 is 24.8 Å². The summed E-state index contributed by atoms with van der Waals surface area (Å²) in [5.41, 5.74) is 6.69. The van der Waals surface area contributed by atoms with Crippen molar-refractivity contribution >= 4 is 51.5 Å². The Kier molecular flexibility index (Phi) is 29.0. The summed E-state index contributed by atoms with van der Waals surface area (Å²) in [6.07, 6.45) is 0. The molecule has 2 aromatic rings. The normalized spacial score (nSPS) is 9.19. The molecule has 2 nitrogen and oxygen atoms in total. The van der Waals surface area contributed by atoms with Gasteiger partial charge >= 0.3 is 26.8 Å². The van der Waals surface area contributed by atoms with Crippen molar-refractivity contribution in [1.82, 2.24) is 0 Å². The van der Waals surface area contributed by atoms with Crippen LogP contribution in [0, 0.1) is 14.4 Å². The molecule has 2 radical (unpaired) electrons. The molecule has 0 atom stereocenters. The maximum atomic E-state index is 6.94. The van der Waals surface area contributed by atoms with Gasteiger partial charge in [-0.2, -0.15) is 17.5 Å². The molecule has 0 fully saturated rings. The van der Waals surface area contributed by atoms with Gasteiger partial charge in [-0.3, -0.25) is 0 Å². The fourth-order valence-corrected chi connectivity index (χ4v) is 1.99. The summed E-state index contributed by atoms with van der Waals surface area (Å²) < 4.78 is 5.26. The van der Waals surface area contributed by atoms with E-state index in [9.17, 15) is 0 Å². The van der Waals surface area contributed by atoms with E-state index in [-0.39, 0.29) is 37.8 Å². The third kappa shape index (κ3) is 29.2. The van der Waals surface area contributed by atoms with Crippen molar-refractivity contribution < 1.29 is 23.6 Å². The molecule has 0 bridgehead atoms. The van der Waals surface area contributed by atoms with Crippen molar-refractivity contribution in [1.29, 1.82) is 0 Å². The largest absolute Gasteiger partial charge is 0.168 e. The smallest absolute Gasteiger partial charge is 0.0809 e. The molecular formula is C19H35Cl2NOSi2Ti-4. The van der Waals surface area contributed by atoms with Crippen LogP contribution in [0.2, 0.25) is 19.6 Å². The Labute approximate surface area is 189 Å². The van der Waals surface area contributed by atoms with Gasteiger partial charge in [0.2, 0.25) is 0 Å². The van der Waals surface area contributed by atoms with E-state index in [0.29, 0.717) is 6.61 Å². The minimum absolute atomic E-state index is 0. The summed E-state index contributed by atoms with van der Waals surface area (Å²) in [7, 11) is 1.75. The van der Waals surface area contributed by atoms with E-state index in [1.807, 2.05) is 20.8 Å². The van der Waals surface area contributed by atoms with E-state index in [4.69, 9.17) is 10.2 Å². The van der Waals surface area contributed by atoms with Crippen molar-refractivity contribution in [3.05, 3.63) is 62.5 Å². The summed E-state index contributed by atoms with van der Waals surface area (Å²) in [4.78, 5) is 0. The van der Waals surface area contributed by atoms with Crippen LogP contribution in [0.1, 0.15) is 20.8 Å². The van der Waals surface area contributed by atoms with Gasteiger partial charge in [-0.05, 0) is 19.6 Å². The Balaban J connectivity index is -0.0000000795. The number of benzene rings is 1. The fourth-order valence-electron chi connectivity index (χ4n) is 1.38. The Morgan fingerprint density at radius 2 is 1.54 bits per heavy atom. The Hall–Kier alpha value is 0.478. The number of halogens is 2. The van der Waals surface area contributed by atoms with Gasteiger partial charge in [-0.15, -0.1) is 60.0 Å². The Morgan fingerprint density at radius 3 is 1.85 bits per heavy atom. The third-order valence-electron chi connectivity index (χ3n) is 2.08. The molecule has 0 saturated heterocycles. The molecular weight excluding hydrogens is 433 g/mol. The summed E-state index contributed by atoms with van der Waals surface area (Å²) in [5, 5.41) is 2.66. The third-order valence-corrected chi connectivity index (χ3v) is 3.15. The molecule has 0 aliphatic heterocycles. The quantitative estimate of drug-likeness (QED) is 0.346. The molecule has 0 heterocycles. The molecule has 0 aliphatic carbocycles. The zero-order valence-corrected chi connectivity index (χ0v) is 22.4. The zero-order chi connectivity index (χ0) is 18.5. The van der Waals surface area contributed by atoms with Crippen LogP contribution < -0.4 is 0 Å². The van der Waals surface area contributed by atoms with E-state index < -0.39 is 8.32 Å². The van der Waals surface area contributed by atoms with E-state index in [0.717, 1.165) is 0 Å². The predicted molar refractivity (Wildman–Crippen MR) is 125 cm³/mol. The van der Waals surface area contributed by atoms with Crippen molar-refractivity contribution in [2.24, 2.45) is 0 Å². The number of nitrogens with one attached hydrogen (secondary N) is 1. The van der Waals surface area contributed by atoms with Gasteiger partial charge in [0.1, 0.15) is 0 Å². The van der Waals surface area contributed by atoms with Crippen molar-refractivity contribution in [2.75, 3.05) is 6.61 Å². The first-order valence-corrected chi connectivity index (χ1v) is 13.8. The first-order chi connectivity index (χ1) is 10.5. The molecule has 0 unspecified atom stereocenters. The van der Waals surface area contributed by atoms with Crippen LogP contribution in [0.4, 0.5) is 0 Å².